The fourth-order valence-electron chi connectivity index (χ4n) is 4.30. The molecule has 0 saturated carbocycles. The summed E-state index contributed by atoms with van der Waals surface area (Å²) in [6.07, 6.45) is 0. The summed E-state index contributed by atoms with van der Waals surface area (Å²) in [6, 6.07) is 7.04. The van der Waals surface area contributed by atoms with Gasteiger partial charge in [-0.2, -0.15) is 0 Å². The molecule has 0 atom stereocenters. The van der Waals surface area contributed by atoms with E-state index in [0.717, 1.165) is 17.7 Å². The number of alkyl halides is 4. The molecule has 18 nitrogen and oxygen atoms in total. The lowest BCUT2D eigenvalue weighted by molar-refractivity contribution is 0.0291. The van der Waals surface area contributed by atoms with Crippen LogP contribution >= 0.6 is 90.4 Å². The molecular formula is C32H40I4N6O12. The van der Waals surface area contributed by atoms with E-state index in [4.69, 9.17) is 37.9 Å². The zero-order valence-corrected chi connectivity index (χ0v) is 37.8. The van der Waals surface area contributed by atoms with Gasteiger partial charge in [0.1, 0.15) is 26.4 Å². The van der Waals surface area contributed by atoms with Crippen LogP contribution in [0.4, 0.5) is 0 Å². The molecule has 0 saturated heterocycles. The minimum atomic E-state index is -0.842. The molecule has 0 aliphatic rings. The number of halogens is 4. The first-order chi connectivity index (χ1) is 26.3. The molecule has 0 unspecified atom stereocenters. The highest BCUT2D eigenvalue weighted by Gasteiger charge is 2.29. The number of rotatable bonds is 28. The Morgan fingerprint density at radius 3 is 1.04 bits per heavy atom. The third kappa shape index (κ3) is 16.3. The number of ether oxygens (including phenoxy) is 8. The summed E-state index contributed by atoms with van der Waals surface area (Å²) in [5, 5.41) is 16.0. The fraction of sp³-hybridized carbons (Fsp3) is 0.562. The van der Waals surface area contributed by atoms with E-state index in [2.05, 4.69) is 111 Å². The predicted molar refractivity (Wildman–Crippen MR) is 225 cm³/mol. The summed E-state index contributed by atoms with van der Waals surface area (Å²) < 4.78 is 48.4. The predicted octanol–water partition coefficient (Wildman–Crippen LogP) is 3.40. The Hall–Kier alpha value is -1.86. The molecule has 0 aliphatic heterocycles. The van der Waals surface area contributed by atoms with Crippen LogP contribution in [-0.4, -0.2) is 151 Å². The van der Waals surface area contributed by atoms with Crippen LogP contribution in [0.2, 0.25) is 0 Å². The Kier molecular flexibility index (Phi) is 23.9. The highest BCUT2D eigenvalue weighted by atomic mass is 127. The van der Waals surface area contributed by atoms with Crippen LogP contribution in [0.1, 0.15) is 53.1 Å². The van der Waals surface area contributed by atoms with Crippen molar-refractivity contribution in [3.63, 3.8) is 0 Å². The van der Waals surface area contributed by atoms with Crippen LogP contribution in [0, 0.1) is 0 Å². The van der Waals surface area contributed by atoms with Gasteiger partial charge in [0.2, 0.25) is 11.4 Å². The molecule has 54 heavy (non-hydrogen) atoms. The van der Waals surface area contributed by atoms with Gasteiger partial charge in [0, 0.05) is 17.7 Å². The van der Waals surface area contributed by atoms with Crippen LogP contribution in [0.15, 0.2) is 24.3 Å². The Balaban J connectivity index is 1.77. The molecule has 3 aromatic rings. The first-order valence-corrected chi connectivity index (χ1v) is 22.6. The number of esters is 4. The summed E-state index contributed by atoms with van der Waals surface area (Å²) >= 11 is 8.68. The Labute approximate surface area is 366 Å². The van der Waals surface area contributed by atoms with Crippen LogP contribution in [-0.2, 0) is 51.0 Å². The van der Waals surface area contributed by atoms with E-state index in [0.29, 0.717) is 37.6 Å². The van der Waals surface area contributed by atoms with Crippen molar-refractivity contribution in [2.45, 2.75) is 13.1 Å². The van der Waals surface area contributed by atoms with Gasteiger partial charge in [-0.05, 0) is 11.1 Å². The second kappa shape index (κ2) is 27.7. The van der Waals surface area contributed by atoms with Gasteiger partial charge in [-0.15, -0.1) is 10.2 Å². The summed E-state index contributed by atoms with van der Waals surface area (Å²) in [5.74, 6) is -3.31. The van der Waals surface area contributed by atoms with Crippen LogP contribution in [0.25, 0.3) is 0 Å². The SMILES string of the molecule is O=C(OCCOCCI)c1nnn(Cc2ccc(Cn3nnc(C(=O)OCCOCCI)c3C(=O)OCCOCCI)cc2)c1C(=O)OCCOCCI. The van der Waals surface area contributed by atoms with E-state index in [-0.39, 0.29) is 88.7 Å². The maximum Gasteiger partial charge on any atom is 0.361 e. The lowest BCUT2D eigenvalue weighted by Crippen LogP contribution is -2.21. The van der Waals surface area contributed by atoms with Gasteiger partial charge in [0.05, 0.1) is 65.9 Å². The largest absolute Gasteiger partial charge is 0.458 e. The van der Waals surface area contributed by atoms with E-state index in [1.54, 1.807) is 24.3 Å². The van der Waals surface area contributed by atoms with Gasteiger partial charge in [-0.3, -0.25) is 0 Å². The molecule has 0 radical (unpaired) electrons. The molecule has 22 heteroatoms. The van der Waals surface area contributed by atoms with Crippen LogP contribution in [0.5, 0.6) is 0 Å². The molecular weight excluding hydrogens is 1170 g/mol. The van der Waals surface area contributed by atoms with Gasteiger partial charge >= 0.3 is 23.9 Å². The number of carbonyl (C=O) groups is 4. The van der Waals surface area contributed by atoms with Gasteiger partial charge in [-0.1, -0.05) is 125 Å². The van der Waals surface area contributed by atoms with Crippen molar-refractivity contribution in [3.8, 4) is 0 Å². The van der Waals surface area contributed by atoms with Crippen molar-refractivity contribution in [3.05, 3.63) is 58.2 Å². The molecule has 0 amide bonds. The van der Waals surface area contributed by atoms with Gasteiger partial charge < -0.3 is 37.9 Å². The Bertz CT molecular complexity index is 1480. The van der Waals surface area contributed by atoms with Crippen molar-refractivity contribution in [1.29, 1.82) is 0 Å². The van der Waals surface area contributed by atoms with E-state index < -0.39 is 23.9 Å². The van der Waals surface area contributed by atoms with Crippen molar-refractivity contribution in [2.75, 3.05) is 97.0 Å². The summed E-state index contributed by atoms with van der Waals surface area (Å²) in [7, 11) is 0. The topological polar surface area (TPSA) is 204 Å². The highest BCUT2D eigenvalue weighted by Crippen LogP contribution is 2.16. The molecule has 0 aliphatic carbocycles. The number of carbonyl (C=O) groups excluding carboxylic acids is 4. The third-order valence-corrected chi connectivity index (χ3v) is 8.42. The highest BCUT2D eigenvalue weighted by molar-refractivity contribution is 14.1. The van der Waals surface area contributed by atoms with Gasteiger partial charge in [0.25, 0.3) is 0 Å². The van der Waals surface area contributed by atoms with Crippen molar-refractivity contribution in [2.24, 2.45) is 0 Å². The lowest BCUT2D eigenvalue weighted by Gasteiger charge is -2.11. The summed E-state index contributed by atoms with van der Waals surface area (Å²) in [6.45, 7) is 2.73. The standard InChI is InChI=1S/C32H40I4N6O12/c33-5-9-47-13-17-51-29(43)25-27(31(45)53-19-15-49-11-7-35)41(39-37-25)21-23-1-2-24(4-3-23)22-42-28(32(46)54-20-16-50-12-8-36)26(38-40-42)30(44)52-18-14-48-10-6-34/h1-4H,5-22H2. The lowest BCUT2D eigenvalue weighted by atomic mass is 10.1. The second-order valence-corrected chi connectivity index (χ2v) is 14.8. The van der Waals surface area contributed by atoms with E-state index in [9.17, 15) is 19.2 Å². The maximum absolute atomic E-state index is 13.2. The molecule has 0 N–H and O–H groups in total. The average molecular weight is 1210 g/mol. The number of aromatic nitrogens is 6. The van der Waals surface area contributed by atoms with Crippen molar-refractivity contribution < 1.29 is 57.1 Å². The van der Waals surface area contributed by atoms with Crippen LogP contribution < -0.4 is 0 Å². The molecule has 1 aromatic carbocycles. The first-order valence-electron chi connectivity index (χ1n) is 16.5. The van der Waals surface area contributed by atoms with E-state index in [1.165, 1.54) is 9.36 Å². The second-order valence-electron chi connectivity index (χ2n) is 10.5. The molecule has 298 valence electrons. The Morgan fingerprint density at radius 2 is 0.741 bits per heavy atom. The molecule has 2 aromatic heterocycles. The Morgan fingerprint density at radius 1 is 0.444 bits per heavy atom. The molecule has 0 bridgehead atoms. The normalized spacial score (nSPS) is 11.0. The van der Waals surface area contributed by atoms with Crippen molar-refractivity contribution in [1.82, 2.24) is 30.0 Å². The van der Waals surface area contributed by atoms with Crippen molar-refractivity contribution >= 4 is 114 Å². The smallest absolute Gasteiger partial charge is 0.361 e. The number of hydrogen-bond donors (Lipinski definition) is 0. The zero-order chi connectivity index (χ0) is 39.0. The zero-order valence-electron chi connectivity index (χ0n) is 29.1. The number of nitrogens with zero attached hydrogens (tertiary/aromatic N) is 6. The molecule has 0 fully saturated rings. The fourth-order valence-corrected chi connectivity index (χ4v) is 5.54. The maximum atomic E-state index is 13.2. The quantitative estimate of drug-likeness (QED) is 0.0336. The molecule has 0 spiro atoms. The molecule has 2 heterocycles. The summed E-state index contributed by atoms with van der Waals surface area (Å²) in [4.78, 5) is 52.2. The first kappa shape index (κ1) is 46.5. The van der Waals surface area contributed by atoms with E-state index in [1.807, 2.05) is 0 Å². The monoisotopic (exact) mass is 1210 g/mol. The van der Waals surface area contributed by atoms with Crippen LogP contribution in [0.3, 0.4) is 0 Å². The minimum absolute atomic E-state index is 0.0305. The van der Waals surface area contributed by atoms with Gasteiger partial charge in [0.15, 0.2) is 11.4 Å². The summed E-state index contributed by atoms with van der Waals surface area (Å²) in [5.41, 5.74) is 0.454. The minimum Gasteiger partial charge on any atom is -0.458 e. The van der Waals surface area contributed by atoms with E-state index >= 15 is 0 Å². The average Bonchev–Trinajstić information content (AvgIpc) is 3.79. The third-order valence-electron chi connectivity index (χ3n) is 6.66. The number of hydrogen-bond acceptors (Lipinski definition) is 16. The van der Waals surface area contributed by atoms with Gasteiger partial charge in [-0.25, -0.2) is 28.5 Å². The number of benzene rings is 1. The molecule has 3 rings (SSSR count).